The lowest BCUT2D eigenvalue weighted by molar-refractivity contribution is 0.00578. The lowest BCUT2D eigenvalue weighted by Gasteiger charge is -2.36. The third-order valence-corrected chi connectivity index (χ3v) is 12.5. The molecule has 0 aliphatic carbocycles. The molecule has 0 N–H and O–H groups in total. The van der Waals surface area contributed by atoms with Gasteiger partial charge in [0.05, 0.1) is 23.4 Å². The van der Waals surface area contributed by atoms with E-state index in [0.717, 1.165) is 6.29 Å². The van der Waals surface area contributed by atoms with Crippen molar-refractivity contribution in [2.75, 3.05) is 25.1 Å². The third kappa shape index (κ3) is 6.29. The van der Waals surface area contributed by atoms with Gasteiger partial charge in [-0.3, -0.25) is 4.79 Å². The molecule has 0 unspecified atom stereocenters. The van der Waals surface area contributed by atoms with E-state index >= 15 is 0 Å². The van der Waals surface area contributed by atoms with Gasteiger partial charge in [0.25, 0.3) is 0 Å². The zero-order valence-corrected chi connectivity index (χ0v) is 25.3. The van der Waals surface area contributed by atoms with Gasteiger partial charge in [-0.15, -0.1) is 0 Å². The summed E-state index contributed by atoms with van der Waals surface area (Å²) in [4.78, 5) is 18.4. The Morgan fingerprint density at radius 1 is 1.13 bits per heavy atom. The Morgan fingerprint density at radius 2 is 1.76 bits per heavy atom. The number of carbonyl (C=O) groups is 1. The van der Waals surface area contributed by atoms with Crippen molar-refractivity contribution in [1.29, 1.82) is 5.26 Å². The lowest BCUT2D eigenvalue weighted by atomic mass is 9.76. The molecule has 1 aromatic heterocycles. The van der Waals surface area contributed by atoms with Crippen molar-refractivity contribution < 1.29 is 23.3 Å². The SMILES string of the molecule is CN(CCO[Si](C)(C)C(C)(C)C)c1nc(Oc2ccc(B3OC(C)(C)C(C)(C)O3)c(C=O)c2)ccc1C#N. The summed E-state index contributed by atoms with van der Waals surface area (Å²) < 4.78 is 24.5. The van der Waals surface area contributed by atoms with Crippen molar-refractivity contribution in [3.05, 3.63) is 41.5 Å². The van der Waals surface area contributed by atoms with Gasteiger partial charge in [0.1, 0.15) is 23.9 Å². The second kappa shape index (κ2) is 10.8. The molecule has 2 aromatic rings. The molecule has 0 bridgehead atoms. The van der Waals surface area contributed by atoms with Crippen LogP contribution in [0, 0.1) is 11.3 Å². The molecule has 38 heavy (non-hydrogen) atoms. The second-order valence-electron chi connectivity index (χ2n) is 12.3. The van der Waals surface area contributed by atoms with Crippen LogP contribution in [0.25, 0.3) is 0 Å². The molecule has 1 fully saturated rings. The van der Waals surface area contributed by atoms with E-state index in [-0.39, 0.29) is 5.04 Å². The maximum absolute atomic E-state index is 11.9. The monoisotopic (exact) mass is 537 g/mol. The molecule has 1 aliphatic heterocycles. The number of benzene rings is 1. The van der Waals surface area contributed by atoms with Crippen molar-refractivity contribution >= 4 is 33.0 Å². The van der Waals surface area contributed by atoms with Crippen LogP contribution in [-0.2, 0) is 13.7 Å². The van der Waals surface area contributed by atoms with Crippen molar-refractivity contribution in [2.24, 2.45) is 0 Å². The first-order chi connectivity index (χ1) is 17.5. The number of carbonyl (C=O) groups excluding carboxylic acids is 1. The summed E-state index contributed by atoms with van der Waals surface area (Å²) in [5.74, 6) is 1.27. The third-order valence-electron chi connectivity index (χ3n) is 7.94. The molecule has 0 spiro atoms. The summed E-state index contributed by atoms with van der Waals surface area (Å²) in [7, 11) is -0.655. The quantitative estimate of drug-likeness (QED) is 0.314. The van der Waals surface area contributed by atoms with Crippen LogP contribution in [0.5, 0.6) is 11.6 Å². The average Bonchev–Trinajstić information content (AvgIpc) is 3.04. The summed E-state index contributed by atoms with van der Waals surface area (Å²) in [6.45, 7) is 20.0. The van der Waals surface area contributed by atoms with Crippen molar-refractivity contribution in [2.45, 2.75) is 77.8 Å². The van der Waals surface area contributed by atoms with E-state index in [1.807, 2.05) is 39.6 Å². The average molecular weight is 538 g/mol. The zero-order valence-electron chi connectivity index (χ0n) is 24.3. The molecule has 0 radical (unpaired) electrons. The summed E-state index contributed by atoms with van der Waals surface area (Å²) >= 11 is 0. The number of pyridine rings is 1. The topological polar surface area (TPSA) is 93.9 Å². The molecule has 1 aliphatic rings. The fourth-order valence-corrected chi connectivity index (χ4v) is 4.68. The number of rotatable bonds is 9. The van der Waals surface area contributed by atoms with Gasteiger partial charge < -0.3 is 23.4 Å². The van der Waals surface area contributed by atoms with Gasteiger partial charge in [-0.25, -0.2) is 0 Å². The first-order valence-corrected chi connectivity index (χ1v) is 15.8. The van der Waals surface area contributed by atoms with Gasteiger partial charge in [0.15, 0.2) is 8.32 Å². The highest BCUT2D eigenvalue weighted by molar-refractivity contribution is 6.74. The number of hydrogen-bond donors (Lipinski definition) is 0. The number of ether oxygens (including phenoxy) is 1. The van der Waals surface area contributed by atoms with Crippen LogP contribution < -0.4 is 15.1 Å². The smallest absolute Gasteiger partial charge is 0.439 e. The maximum Gasteiger partial charge on any atom is 0.495 e. The van der Waals surface area contributed by atoms with Gasteiger partial charge in [-0.2, -0.15) is 10.2 Å². The maximum atomic E-state index is 11.9. The lowest BCUT2D eigenvalue weighted by Crippen LogP contribution is -2.42. The Hall–Kier alpha value is -2.71. The highest BCUT2D eigenvalue weighted by atomic mass is 28.4. The Morgan fingerprint density at radius 3 is 2.32 bits per heavy atom. The van der Waals surface area contributed by atoms with Gasteiger partial charge in [0.2, 0.25) is 5.88 Å². The van der Waals surface area contributed by atoms with Crippen LogP contribution in [0.1, 0.15) is 64.4 Å². The van der Waals surface area contributed by atoms with Crippen LogP contribution in [0.4, 0.5) is 5.82 Å². The summed E-state index contributed by atoms with van der Waals surface area (Å²) in [5, 5.41) is 9.76. The standard InChI is InChI=1S/C28H40BN3O5Si/c1-26(2,3)38(9,10)34-16-15-32(8)25-20(18-30)11-14-24(31-25)35-22-12-13-23(21(17-22)19-33)29-36-27(4,5)28(6,7)37-29/h11-14,17,19H,15-16H2,1-10H3. The number of aromatic nitrogens is 1. The first-order valence-electron chi connectivity index (χ1n) is 12.9. The minimum Gasteiger partial charge on any atom is -0.439 e. The molecule has 2 heterocycles. The number of aldehydes is 1. The largest absolute Gasteiger partial charge is 0.495 e. The zero-order chi connectivity index (χ0) is 28.5. The molecule has 3 rings (SSSR count). The highest BCUT2D eigenvalue weighted by Crippen LogP contribution is 2.38. The predicted molar refractivity (Wildman–Crippen MR) is 153 cm³/mol. The van der Waals surface area contributed by atoms with Crippen LogP contribution in [0.2, 0.25) is 18.1 Å². The van der Waals surface area contributed by atoms with Crippen molar-refractivity contribution in [3.63, 3.8) is 0 Å². The Kier molecular flexibility index (Phi) is 8.49. The van der Waals surface area contributed by atoms with Gasteiger partial charge in [-0.05, 0) is 69.5 Å². The molecule has 0 saturated carbocycles. The van der Waals surface area contributed by atoms with E-state index in [9.17, 15) is 10.1 Å². The molecular weight excluding hydrogens is 497 g/mol. The normalized spacial score (nSPS) is 16.7. The van der Waals surface area contributed by atoms with Gasteiger partial charge in [-0.1, -0.05) is 26.8 Å². The molecular formula is C28H40BN3O5Si. The Balaban J connectivity index is 1.77. The van der Waals surface area contributed by atoms with Gasteiger partial charge >= 0.3 is 7.12 Å². The molecule has 1 aromatic carbocycles. The van der Waals surface area contributed by atoms with Crippen LogP contribution in [0.3, 0.4) is 0 Å². The van der Waals surface area contributed by atoms with Crippen LogP contribution >= 0.6 is 0 Å². The van der Waals surface area contributed by atoms with E-state index in [2.05, 4.69) is 44.9 Å². The van der Waals surface area contributed by atoms with E-state index < -0.39 is 26.6 Å². The van der Waals surface area contributed by atoms with Gasteiger partial charge in [0, 0.05) is 25.2 Å². The minimum atomic E-state index is -1.88. The number of hydrogen-bond acceptors (Lipinski definition) is 8. The first kappa shape index (κ1) is 29.8. The fraction of sp³-hybridized carbons (Fsp3) is 0.536. The molecule has 0 amide bonds. The number of anilines is 1. The number of nitrogens with zero attached hydrogens (tertiary/aromatic N) is 3. The van der Waals surface area contributed by atoms with Crippen molar-refractivity contribution in [3.8, 4) is 17.7 Å². The summed E-state index contributed by atoms with van der Waals surface area (Å²) in [6, 6.07) is 10.7. The number of nitriles is 1. The minimum absolute atomic E-state index is 0.119. The van der Waals surface area contributed by atoms with E-state index in [0.29, 0.717) is 47.2 Å². The molecule has 1 saturated heterocycles. The van der Waals surface area contributed by atoms with E-state index in [1.165, 1.54) is 0 Å². The van der Waals surface area contributed by atoms with Crippen molar-refractivity contribution in [1.82, 2.24) is 4.98 Å². The summed E-state index contributed by atoms with van der Waals surface area (Å²) in [5.41, 5.74) is 0.460. The Bertz CT molecular complexity index is 1200. The highest BCUT2D eigenvalue weighted by Gasteiger charge is 2.52. The van der Waals surface area contributed by atoms with Crippen LogP contribution in [-0.4, -0.2) is 58.1 Å². The summed E-state index contributed by atoms with van der Waals surface area (Å²) in [6.07, 6.45) is 0.765. The van der Waals surface area contributed by atoms with E-state index in [4.69, 9.17) is 18.5 Å². The van der Waals surface area contributed by atoms with E-state index in [1.54, 1.807) is 30.3 Å². The number of likely N-dealkylation sites (N-methyl/N-ethyl adjacent to an activating group) is 1. The predicted octanol–water partition coefficient (Wildman–Crippen LogP) is 5.32. The molecule has 204 valence electrons. The fourth-order valence-electron chi connectivity index (χ4n) is 3.65. The molecule has 0 atom stereocenters. The molecule has 10 heteroatoms. The Labute approximate surface area is 228 Å². The van der Waals surface area contributed by atoms with Crippen LogP contribution in [0.15, 0.2) is 30.3 Å². The molecule has 8 nitrogen and oxygen atoms in total. The second-order valence-corrected chi connectivity index (χ2v) is 17.1.